The topological polar surface area (TPSA) is 72.9 Å². The Bertz CT molecular complexity index is 580. The van der Waals surface area contributed by atoms with Gasteiger partial charge in [0, 0.05) is 12.7 Å². The molecule has 0 saturated carbocycles. The first kappa shape index (κ1) is 17.2. The summed E-state index contributed by atoms with van der Waals surface area (Å²) in [4.78, 5) is 12.2. The standard InChI is InChI=1S/C15H20N4O.ClH/c1-12-10-18-19(11-12)9-8-17-14(20)15(2,16)13-6-4-3-5-7-13;/h3-7,10-11H,8-9,16H2,1-2H3,(H,17,20);1H. The first-order chi connectivity index (χ1) is 9.50. The number of benzene rings is 1. The fraction of sp³-hybridized carbons (Fsp3) is 0.333. The van der Waals surface area contributed by atoms with Gasteiger partial charge < -0.3 is 11.1 Å². The van der Waals surface area contributed by atoms with E-state index in [1.165, 1.54) is 0 Å². The van der Waals surface area contributed by atoms with Gasteiger partial charge in [0.2, 0.25) is 5.91 Å². The summed E-state index contributed by atoms with van der Waals surface area (Å²) < 4.78 is 1.80. The molecule has 21 heavy (non-hydrogen) atoms. The smallest absolute Gasteiger partial charge is 0.244 e. The molecule has 0 spiro atoms. The summed E-state index contributed by atoms with van der Waals surface area (Å²) in [6.45, 7) is 4.83. The van der Waals surface area contributed by atoms with Crippen molar-refractivity contribution in [3.63, 3.8) is 0 Å². The highest BCUT2D eigenvalue weighted by Gasteiger charge is 2.29. The molecule has 1 aromatic heterocycles. The fourth-order valence-electron chi connectivity index (χ4n) is 1.97. The van der Waals surface area contributed by atoms with E-state index in [1.54, 1.807) is 17.8 Å². The highest BCUT2D eigenvalue weighted by molar-refractivity contribution is 5.86. The Morgan fingerprint density at radius 2 is 2.05 bits per heavy atom. The Morgan fingerprint density at radius 1 is 1.38 bits per heavy atom. The normalized spacial score (nSPS) is 13.1. The lowest BCUT2D eigenvalue weighted by molar-refractivity contribution is -0.126. The molecule has 5 nitrogen and oxygen atoms in total. The van der Waals surface area contributed by atoms with Crippen LogP contribution >= 0.6 is 12.4 Å². The first-order valence-electron chi connectivity index (χ1n) is 6.62. The number of hydrogen-bond donors (Lipinski definition) is 2. The van der Waals surface area contributed by atoms with Crippen LogP contribution < -0.4 is 11.1 Å². The van der Waals surface area contributed by atoms with Crippen LogP contribution in [0.15, 0.2) is 42.7 Å². The fourth-order valence-corrected chi connectivity index (χ4v) is 1.97. The molecule has 3 N–H and O–H groups in total. The largest absolute Gasteiger partial charge is 0.352 e. The van der Waals surface area contributed by atoms with Crippen molar-refractivity contribution in [2.45, 2.75) is 25.9 Å². The maximum atomic E-state index is 12.2. The Morgan fingerprint density at radius 3 is 2.62 bits per heavy atom. The van der Waals surface area contributed by atoms with Crippen LogP contribution in [0.25, 0.3) is 0 Å². The van der Waals surface area contributed by atoms with E-state index < -0.39 is 5.54 Å². The van der Waals surface area contributed by atoms with Crippen molar-refractivity contribution in [3.8, 4) is 0 Å². The van der Waals surface area contributed by atoms with Crippen molar-refractivity contribution in [1.29, 1.82) is 0 Å². The molecule has 0 saturated heterocycles. The number of aromatic nitrogens is 2. The van der Waals surface area contributed by atoms with Crippen molar-refractivity contribution in [1.82, 2.24) is 15.1 Å². The second-order valence-corrected chi connectivity index (χ2v) is 5.11. The van der Waals surface area contributed by atoms with Crippen LogP contribution in [0.4, 0.5) is 0 Å². The molecule has 2 aromatic rings. The van der Waals surface area contributed by atoms with Crippen LogP contribution in [0.2, 0.25) is 0 Å². The molecule has 0 aliphatic heterocycles. The van der Waals surface area contributed by atoms with Gasteiger partial charge in [0.05, 0.1) is 12.7 Å². The minimum absolute atomic E-state index is 0. The van der Waals surface area contributed by atoms with Crippen LogP contribution in [-0.2, 0) is 16.9 Å². The zero-order chi connectivity index (χ0) is 14.6. The molecular formula is C15H21ClN4O. The van der Waals surface area contributed by atoms with Crippen molar-refractivity contribution in [2.24, 2.45) is 5.73 Å². The second-order valence-electron chi connectivity index (χ2n) is 5.11. The van der Waals surface area contributed by atoms with E-state index in [-0.39, 0.29) is 18.3 Å². The molecule has 0 aliphatic rings. The third-order valence-corrected chi connectivity index (χ3v) is 3.23. The van der Waals surface area contributed by atoms with Gasteiger partial charge in [-0.15, -0.1) is 12.4 Å². The van der Waals surface area contributed by atoms with Crippen molar-refractivity contribution < 1.29 is 4.79 Å². The van der Waals surface area contributed by atoms with E-state index in [4.69, 9.17) is 5.73 Å². The molecule has 2 rings (SSSR count). The Kier molecular flexibility index (Phi) is 5.93. The van der Waals surface area contributed by atoms with Crippen LogP contribution in [0.1, 0.15) is 18.1 Å². The van der Waals surface area contributed by atoms with Gasteiger partial charge in [-0.1, -0.05) is 30.3 Å². The number of aryl methyl sites for hydroxylation is 1. The van der Waals surface area contributed by atoms with E-state index in [2.05, 4.69) is 10.4 Å². The van der Waals surface area contributed by atoms with E-state index in [0.717, 1.165) is 11.1 Å². The average molecular weight is 309 g/mol. The molecule has 1 atom stereocenters. The monoisotopic (exact) mass is 308 g/mol. The zero-order valence-electron chi connectivity index (χ0n) is 12.2. The molecule has 1 heterocycles. The molecular weight excluding hydrogens is 288 g/mol. The van der Waals surface area contributed by atoms with E-state index in [0.29, 0.717) is 13.1 Å². The average Bonchev–Trinajstić information content (AvgIpc) is 2.85. The van der Waals surface area contributed by atoms with Crippen LogP contribution in [0, 0.1) is 6.92 Å². The Labute approximate surface area is 130 Å². The number of halogens is 1. The quantitative estimate of drug-likeness (QED) is 0.881. The van der Waals surface area contributed by atoms with E-state index >= 15 is 0 Å². The lowest BCUT2D eigenvalue weighted by atomic mass is 9.92. The van der Waals surface area contributed by atoms with Gasteiger partial charge in [0.1, 0.15) is 5.54 Å². The van der Waals surface area contributed by atoms with Crippen molar-refractivity contribution in [3.05, 3.63) is 53.9 Å². The number of amides is 1. The zero-order valence-corrected chi connectivity index (χ0v) is 13.1. The summed E-state index contributed by atoms with van der Waals surface area (Å²) in [5.41, 5.74) is 7.00. The lowest BCUT2D eigenvalue weighted by Crippen LogP contribution is -2.49. The summed E-state index contributed by atoms with van der Waals surface area (Å²) in [6.07, 6.45) is 3.73. The molecule has 114 valence electrons. The van der Waals surface area contributed by atoms with Gasteiger partial charge >= 0.3 is 0 Å². The Hall–Kier alpha value is -1.85. The number of rotatable bonds is 5. The molecule has 1 aromatic carbocycles. The number of carbonyl (C=O) groups excluding carboxylic acids is 1. The molecule has 0 bridgehead atoms. The third-order valence-electron chi connectivity index (χ3n) is 3.23. The van der Waals surface area contributed by atoms with Gasteiger partial charge in [0.25, 0.3) is 0 Å². The first-order valence-corrected chi connectivity index (χ1v) is 6.62. The second kappa shape index (κ2) is 7.24. The molecule has 0 radical (unpaired) electrons. The minimum Gasteiger partial charge on any atom is -0.352 e. The predicted molar refractivity (Wildman–Crippen MR) is 85.2 cm³/mol. The predicted octanol–water partition coefficient (Wildman–Crippen LogP) is 1.60. The number of nitrogens with one attached hydrogen (secondary N) is 1. The van der Waals surface area contributed by atoms with Gasteiger partial charge in [-0.25, -0.2) is 0 Å². The molecule has 0 fully saturated rings. The number of nitrogens with two attached hydrogens (primary N) is 1. The minimum atomic E-state index is -1.03. The van der Waals surface area contributed by atoms with Crippen LogP contribution in [0.3, 0.4) is 0 Å². The SMILES string of the molecule is Cc1cnn(CCNC(=O)C(C)(N)c2ccccc2)c1.Cl. The van der Waals surface area contributed by atoms with Gasteiger partial charge in [-0.3, -0.25) is 9.48 Å². The van der Waals surface area contributed by atoms with Gasteiger partial charge in [0.15, 0.2) is 0 Å². The highest BCUT2D eigenvalue weighted by Crippen LogP contribution is 2.17. The molecule has 6 heteroatoms. The number of nitrogens with zero attached hydrogens (tertiary/aromatic N) is 2. The van der Waals surface area contributed by atoms with Crippen LogP contribution in [-0.4, -0.2) is 22.2 Å². The maximum Gasteiger partial charge on any atom is 0.244 e. The highest BCUT2D eigenvalue weighted by atomic mass is 35.5. The van der Waals surface area contributed by atoms with E-state index in [1.807, 2.05) is 43.5 Å². The number of hydrogen-bond acceptors (Lipinski definition) is 3. The van der Waals surface area contributed by atoms with Crippen molar-refractivity contribution in [2.75, 3.05) is 6.54 Å². The van der Waals surface area contributed by atoms with Crippen LogP contribution in [0.5, 0.6) is 0 Å². The summed E-state index contributed by atoms with van der Waals surface area (Å²) in [6, 6.07) is 9.37. The summed E-state index contributed by atoms with van der Waals surface area (Å²) in [7, 11) is 0. The van der Waals surface area contributed by atoms with Gasteiger partial charge in [-0.2, -0.15) is 5.10 Å². The number of carbonyl (C=O) groups is 1. The third kappa shape index (κ3) is 4.31. The molecule has 1 amide bonds. The summed E-state index contributed by atoms with van der Waals surface area (Å²) in [5.74, 6) is -0.187. The maximum absolute atomic E-state index is 12.2. The summed E-state index contributed by atoms with van der Waals surface area (Å²) in [5, 5.41) is 7.02. The van der Waals surface area contributed by atoms with E-state index in [9.17, 15) is 4.79 Å². The molecule has 1 unspecified atom stereocenters. The lowest BCUT2D eigenvalue weighted by Gasteiger charge is -2.24. The van der Waals surface area contributed by atoms with Gasteiger partial charge in [-0.05, 0) is 25.0 Å². The van der Waals surface area contributed by atoms with Crippen molar-refractivity contribution >= 4 is 18.3 Å². The Balaban J connectivity index is 0.00000220. The molecule has 0 aliphatic carbocycles. The summed E-state index contributed by atoms with van der Waals surface area (Å²) >= 11 is 0.